The Morgan fingerprint density at radius 2 is 1.84 bits per heavy atom. The third-order valence-corrected chi connectivity index (χ3v) is 5.88. The summed E-state index contributed by atoms with van der Waals surface area (Å²) in [7, 11) is 0. The Morgan fingerprint density at radius 1 is 1.03 bits per heavy atom. The number of aryl methyl sites for hydroxylation is 1. The minimum Gasteiger partial charge on any atom is -0.379 e. The molecule has 2 aromatic heterocycles. The number of benzene rings is 1. The van der Waals surface area contributed by atoms with Crippen LogP contribution in [0.5, 0.6) is 0 Å². The van der Waals surface area contributed by atoms with E-state index in [1.165, 1.54) is 0 Å². The van der Waals surface area contributed by atoms with Gasteiger partial charge in [-0.05, 0) is 24.6 Å². The normalized spacial score (nSPS) is 17.9. The third-order valence-electron chi connectivity index (χ3n) is 5.88. The lowest BCUT2D eigenvalue weighted by molar-refractivity contribution is 0.0104. The van der Waals surface area contributed by atoms with Crippen molar-refractivity contribution in [2.24, 2.45) is 0 Å². The molecule has 0 spiro atoms. The maximum atomic E-state index is 5.49. The molecule has 1 N–H and O–H groups in total. The van der Waals surface area contributed by atoms with Crippen molar-refractivity contribution in [1.82, 2.24) is 25.1 Å². The highest BCUT2D eigenvalue weighted by atomic mass is 16.5. The Bertz CT molecular complexity index is 1040. The predicted molar refractivity (Wildman–Crippen MR) is 122 cm³/mol. The van der Waals surface area contributed by atoms with E-state index < -0.39 is 0 Å². The molecule has 5 rings (SSSR count). The van der Waals surface area contributed by atoms with E-state index in [2.05, 4.69) is 50.3 Å². The van der Waals surface area contributed by atoms with Crippen molar-refractivity contribution < 1.29 is 4.74 Å². The summed E-state index contributed by atoms with van der Waals surface area (Å²) in [5.41, 5.74) is 4.18. The van der Waals surface area contributed by atoms with Crippen molar-refractivity contribution in [3.05, 3.63) is 70.9 Å². The Labute approximate surface area is 182 Å². The van der Waals surface area contributed by atoms with Crippen LogP contribution in [-0.4, -0.2) is 70.5 Å². The molecule has 0 aliphatic carbocycles. The summed E-state index contributed by atoms with van der Waals surface area (Å²) in [6, 6.07) is 15.0. The van der Waals surface area contributed by atoms with Crippen molar-refractivity contribution >= 4 is 18.0 Å². The maximum Gasteiger partial charge on any atom is 0.154 e. The number of nitrogens with one attached hydrogen (secondary N) is 1. The molecule has 2 aliphatic rings. The van der Waals surface area contributed by atoms with Gasteiger partial charge in [-0.25, -0.2) is 9.97 Å². The standard InChI is InChI=1S/C24H28N6O/c1-18-13-21(28-27-18)14-20-15-24(30-16-22(17-30)29-9-11-31-12-10-29)26-23(25-20)8-7-19-5-3-2-4-6-19/h2-8,13,15,22H,9-12,14,16-17H2,1H3,(H,27,28)/b8-7+. The van der Waals surface area contributed by atoms with Gasteiger partial charge in [-0.2, -0.15) is 5.10 Å². The number of nitrogens with zero attached hydrogens (tertiary/aromatic N) is 5. The lowest BCUT2D eigenvalue weighted by Gasteiger charge is -2.47. The SMILES string of the molecule is Cc1cc(Cc2cc(N3CC(N4CCOCC4)C3)nc(/C=C/c3ccccc3)n2)n[nH]1. The molecule has 2 fully saturated rings. The van der Waals surface area contributed by atoms with Crippen molar-refractivity contribution in [2.45, 2.75) is 19.4 Å². The van der Waals surface area contributed by atoms with Gasteiger partial charge in [0.2, 0.25) is 0 Å². The third kappa shape index (κ3) is 4.84. The van der Waals surface area contributed by atoms with E-state index in [4.69, 9.17) is 14.7 Å². The van der Waals surface area contributed by atoms with Crippen LogP contribution in [0, 0.1) is 6.92 Å². The van der Waals surface area contributed by atoms with Crippen molar-refractivity contribution in [3.63, 3.8) is 0 Å². The lowest BCUT2D eigenvalue weighted by atomic mass is 10.1. The smallest absolute Gasteiger partial charge is 0.154 e. The van der Waals surface area contributed by atoms with Crippen molar-refractivity contribution in [1.29, 1.82) is 0 Å². The van der Waals surface area contributed by atoms with E-state index in [-0.39, 0.29) is 0 Å². The molecule has 31 heavy (non-hydrogen) atoms. The van der Waals surface area contributed by atoms with Crippen LogP contribution in [0.2, 0.25) is 0 Å². The number of hydrogen-bond acceptors (Lipinski definition) is 6. The second-order valence-corrected chi connectivity index (χ2v) is 8.25. The molecule has 0 saturated carbocycles. The van der Waals surface area contributed by atoms with E-state index in [9.17, 15) is 0 Å². The largest absolute Gasteiger partial charge is 0.379 e. The van der Waals surface area contributed by atoms with Gasteiger partial charge in [-0.3, -0.25) is 10.00 Å². The molecular formula is C24H28N6O. The van der Waals surface area contributed by atoms with Gasteiger partial charge in [-0.15, -0.1) is 0 Å². The molecule has 7 heteroatoms. The summed E-state index contributed by atoms with van der Waals surface area (Å²) in [6.45, 7) is 7.74. The minimum absolute atomic E-state index is 0.583. The van der Waals surface area contributed by atoms with E-state index in [0.717, 1.165) is 73.7 Å². The number of H-pyrrole nitrogens is 1. The van der Waals surface area contributed by atoms with Crippen LogP contribution in [0.1, 0.15) is 28.5 Å². The van der Waals surface area contributed by atoms with Gasteiger partial charge in [0, 0.05) is 50.4 Å². The summed E-state index contributed by atoms with van der Waals surface area (Å²) in [5, 5.41) is 7.40. The zero-order chi connectivity index (χ0) is 21.0. The average molecular weight is 417 g/mol. The molecule has 0 unspecified atom stereocenters. The van der Waals surface area contributed by atoms with E-state index >= 15 is 0 Å². The number of hydrogen-bond donors (Lipinski definition) is 1. The van der Waals surface area contributed by atoms with E-state index in [1.54, 1.807) is 0 Å². The number of morpholine rings is 1. The summed E-state index contributed by atoms with van der Waals surface area (Å²) >= 11 is 0. The Balaban J connectivity index is 1.36. The molecule has 1 aromatic carbocycles. The van der Waals surface area contributed by atoms with Crippen LogP contribution < -0.4 is 4.90 Å². The van der Waals surface area contributed by atoms with Gasteiger partial charge in [0.1, 0.15) is 5.82 Å². The van der Waals surface area contributed by atoms with Gasteiger partial charge < -0.3 is 9.64 Å². The zero-order valence-corrected chi connectivity index (χ0v) is 17.9. The highest BCUT2D eigenvalue weighted by Crippen LogP contribution is 2.24. The Hall–Kier alpha value is -3.03. The molecule has 7 nitrogen and oxygen atoms in total. The predicted octanol–water partition coefficient (Wildman–Crippen LogP) is 2.79. The first kappa shape index (κ1) is 19.9. The Kier molecular flexibility index (Phi) is 5.78. The molecule has 2 saturated heterocycles. The molecular weight excluding hydrogens is 388 g/mol. The summed E-state index contributed by atoms with van der Waals surface area (Å²) in [4.78, 5) is 14.5. The van der Waals surface area contributed by atoms with Gasteiger partial charge in [0.25, 0.3) is 0 Å². The molecule has 160 valence electrons. The summed E-state index contributed by atoms with van der Waals surface area (Å²) in [6.07, 6.45) is 4.75. The number of aromatic nitrogens is 4. The van der Waals surface area contributed by atoms with Crippen LogP contribution in [-0.2, 0) is 11.2 Å². The fraction of sp³-hybridized carbons (Fsp3) is 0.375. The van der Waals surface area contributed by atoms with Crippen LogP contribution in [0.4, 0.5) is 5.82 Å². The quantitative estimate of drug-likeness (QED) is 0.666. The second-order valence-electron chi connectivity index (χ2n) is 8.25. The maximum absolute atomic E-state index is 5.49. The first-order valence-corrected chi connectivity index (χ1v) is 10.9. The fourth-order valence-electron chi connectivity index (χ4n) is 4.13. The topological polar surface area (TPSA) is 70.2 Å². The first-order valence-electron chi connectivity index (χ1n) is 10.9. The summed E-state index contributed by atoms with van der Waals surface area (Å²) in [5.74, 6) is 1.73. The highest BCUT2D eigenvalue weighted by molar-refractivity contribution is 5.67. The minimum atomic E-state index is 0.583. The first-order chi connectivity index (χ1) is 15.2. The molecule has 0 bridgehead atoms. The van der Waals surface area contributed by atoms with Gasteiger partial charge in [0.05, 0.1) is 24.6 Å². The van der Waals surface area contributed by atoms with Gasteiger partial charge >= 0.3 is 0 Å². The van der Waals surface area contributed by atoms with Crippen molar-refractivity contribution in [3.8, 4) is 0 Å². The van der Waals surface area contributed by atoms with Gasteiger partial charge in [-0.1, -0.05) is 36.4 Å². The van der Waals surface area contributed by atoms with E-state index in [0.29, 0.717) is 12.5 Å². The van der Waals surface area contributed by atoms with Crippen LogP contribution in [0.15, 0.2) is 42.5 Å². The molecule has 0 amide bonds. The van der Waals surface area contributed by atoms with Crippen molar-refractivity contribution in [2.75, 3.05) is 44.3 Å². The van der Waals surface area contributed by atoms with E-state index in [1.807, 2.05) is 31.2 Å². The number of ether oxygens (including phenoxy) is 1. The lowest BCUT2D eigenvalue weighted by Crippen LogP contribution is -2.61. The Morgan fingerprint density at radius 3 is 2.58 bits per heavy atom. The monoisotopic (exact) mass is 416 g/mol. The average Bonchev–Trinajstić information content (AvgIpc) is 3.17. The van der Waals surface area contributed by atoms with Gasteiger partial charge in [0.15, 0.2) is 5.82 Å². The second kappa shape index (κ2) is 8.99. The van der Waals surface area contributed by atoms with Crippen LogP contribution in [0.25, 0.3) is 12.2 Å². The molecule has 2 aliphatic heterocycles. The summed E-state index contributed by atoms with van der Waals surface area (Å²) < 4.78 is 5.49. The van der Waals surface area contributed by atoms with Crippen LogP contribution >= 0.6 is 0 Å². The fourth-order valence-corrected chi connectivity index (χ4v) is 4.13. The highest BCUT2D eigenvalue weighted by Gasteiger charge is 2.33. The number of aromatic amines is 1. The molecule has 0 atom stereocenters. The molecule has 0 radical (unpaired) electrons. The number of anilines is 1. The van der Waals surface area contributed by atoms with Crippen LogP contribution in [0.3, 0.4) is 0 Å². The molecule has 3 aromatic rings. The number of rotatable bonds is 6. The zero-order valence-electron chi connectivity index (χ0n) is 17.9. The molecule has 4 heterocycles.